The Labute approximate surface area is 159 Å². The van der Waals surface area contributed by atoms with E-state index in [2.05, 4.69) is 15.7 Å². The third kappa shape index (κ3) is 1.69. The SMILES string of the molecule is O=C1Nc2nc3ccccc3c(=O)n2NC12c1ccccc1-c1ccccc12. The summed E-state index contributed by atoms with van der Waals surface area (Å²) < 4.78 is 1.35. The molecule has 4 aromatic rings. The van der Waals surface area contributed by atoms with Gasteiger partial charge in [0.15, 0.2) is 5.54 Å². The molecule has 6 rings (SSSR count). The van der Waals surface area contributed by atoms with Crippen molar-refractivity contribution >= 4 is 22.8 Å². The Morgan fingerprint density at radius 2 is 1.39 bits per heavy atom. The Morgan fingerprint density at radius 3 is 2.11 bits per heavy atom. The molecule has 0 saturated carbocycles. The Balaban J connectivity index is 1.68. The number of carbonyl (C=O) groups excluding carboxylic acids is 1. The first-order chi connectivity index (χ1) is 13.7. The van der Waals surface area contributed by atoms with Crippen LogP contribution in [0, 0.1) is 0 Å². The van der Waals surface area contributed by atoms with Crippen molar-refractivity contribution in [3.63, 3.8) is 0 Å². The van der Waals surface area contributed by atoms with Gasteiger partial charge in [-0.05, 0) is 23.3 Å². The maximum absolute atomic E-state index is 13.4. The summed E-state index contributed by atoms with van der Waals surface area (Å²) in [6, 6.07) is 22.6. The zero-order valence-corrected chi connectivity index (χ0v) is 14.6. The lowest BCUT2D eigenvalue weighted by atomic mass is 9.86. The number of rotatable bonds is 0. The molecule has 134 valence electrons. The molecule has 1 aliphatic heterocycles. The molecule has 0 unspecified atom stereocenters. The van der Waals surface area contributed by atoms with Gasteiger partial charge in [-0.3, -0.25) is 20.3 Å². The van der Waals surface area contributed by atoms with E-state index in [-0.39, 0.29) is 17.4 Å². The summed E-state index contributed by atoms with van der Waals surface area (Å²) in [6.07, 6.45) is 0. The van der Waals surface area contributed by atoms with Gasteiger partial charge in [-0.2, -0.15) is 4.68 Å². The van der Waals surface area contributed by atoms with Crippen LogP contribution >= 0.6 is 0 Å². The highest BCUT2D eigenvalue weighted by Gasteiger charge is 2.52. The van der Waals surface area contributed by atoms with Crippen molar-refractivity contribution in [1.82, 2.24) is 9.66 Å². The van der Waals surface area contributed by atoms with Gasteiger partial charge in [0.2, 0.25) is 5.95 Å². The van der Waals surface area contributed by atoms with E-state index in [4.69, 9.17) is 0 Å². The predicted molar refractivity (Wildman–Crippen MR) is 107 cm³/mol. The molecule has 1 aliphatic carbocycles. The lowest BCUT2D eigenvalue weighted by Crippen LogP contribution is -2.57. The Hall–Kier alpha value is -3.93. The van der Waals surface area contributed by atoms with E-state index >= 15 is 0 Å². The Kier molecular flexibility index (Phi) is 2.75. The van der Waals surface area contributed by atoms with Gasteiger partial charge in [-0.15, -0.1) is 0 Å². The topological polar surface area (TPSA) is 76.0 Å². The Bertz CT molecular complexity index is 1330. The van der Waals surface area contributed by atoms with Gasteiger partial charge in [0.05, 0.1) is 10.9 Å². The van der Waals surface area contributed by atoms with Crippen molar-refractivity contribution in [2.75, 3.05) is 10.7 Å². The number of hydrogen-bond donors (Lipinski definition) is 2. The van der Waals surface area contributed by atoms with Gasteiger partial charge in [-0.25, -0.2) is 4.98 Å². The first-order valence-electron chi connectivity index (χ1n) is 9.01. The molecule has 0 saturated heterocycles. The smallest absolute Gasteiger partial charge is 0.281 e. The van der Waals surface area contributed by atoms with Crippen LogP contribution in [0.3, 0.4) is 0 Å². The molecule has 6 nitrogen and oxygen atoms in total. The van der Waals surface area contributed by atoms with Crippen LogP contribution in [0.2, 0.25) is 0 Å². The summed E-state index contributed by atoms with van der Waals surface area (Å²) in [6.45, 7) is 0. The highest BCUT2D eigenvalue weighted by Crippen LogP contribution is 2.49. The van der Waals surface area contributed by atoms with Crippen LogP contribution in [-0.4, -0.2) is 15.6 Å². The highest BCUT2D eigenvalue weighted by molar-refractivity contribution is 6.08. The molecule has 0 radical (unpaired) electrons. The van der Waals surface area contributed by atoms with Gasteiger partial charge >= 0.3 is 0 Å². The van der Waals surface area contributed by atoms with Crippen LogP contribution in [0.5, 0.6) is 0 Å². The fourth-order valence-corrected chi connectivity index (χ4v) is 4.33. The maximum Gasteiger partial charge on any atom is 0.281 e. The molecule has 0 atom stereocenters. The molecule has 0 bridgehead atoms. The molecule has 1 spiro atoms. The number of nitrogens with zero attached hydrogens (tertiary/aromatic N) is 2. The van der Waals surface area contributed by atoms with E-state index in [9.17, 15) is 9.59 Å². The van der Waals surface area contributed by atoms with E-state index in [1.54, 1.807) is 18.2 Å². The number of nitrogens with one attached hydrogen (secondary N) is 2. The number of anilines is 1. The molecule has 2 aliphatic rings. The van der Waals surface area contributed by atoms with Gasteiger partial charge in [0.25, 0.3) is 11.5 Å². The minimum absolute atomic E-state index is 0.196. The number of benzene rings is 3. The second kappa shape index (κ2) is 5.07. The molecule has 1 amide bonds. The number of para-hydroxylation sites is 1. The fourth-order valence-electron chi connectivity index (χ4n) is 4.33. The summed E-state index contributed by atoms with van der Waals surface area (Å²) in [5, 5.41) is 3.35. The number of aromatic nitrogens is 2. The molecule has 3 aromatic carbocycles. The fraction of sp³-hybridized carbons (Fsp3) is 0.0455. The second-order valence-electron chi connectivity index (χ2n) is 7.00. The quantitative estimate of drug-likeness (QED) is 0.502. The Morgan fingerprint density at radius 1 is 0.786 bits per heavy atom. The van der Waals surface area contributed by atoms with E-state index in [1.165, 1.54) is 4.68 Å². The van der Waals surface area contributed by atoms with Crippen molar-refractivity contribution < 1.29 is 4.79 Å². The van der Waals surface area contributed by atoms with Crippen LogP contribution in [0.15, 0.2) is 77.6 Å². The number of amides is 1. The maximum atomic E-state index is 13.4. The average molecular weight is 366 g/mol. The molecule has 6 heteroatoms. The molecule has 28 heavy (non-hydrogen) atoms. The monoisotopic (exact) mass is 366 g/mol. The van der Waals surface area contributed by atoms with Crippen LogP contribution in [0.25, 0.3) is 22.0 Å². The van der Waals surface area contributed by atoms with Crippen molar-refractivity contribution in [2.24, 2.45) is 0 Å². The standard InChI is InChI=1S/C22H14N4O2/c27-19-15-9-3-6-12-18(15)23-21-24-20(28)22(25-26(19)21)16-10-4-1-7-13(16)14-8-2-5-11-17(14)22/h1-12,25H,(H,23,24,28). The molecule has 2 N–H and O–H groups in total. The lowest BCUT2D eigenvalue weighted by Gasteiger charge is -2.37. The summed E-state index contributed by atoms with van der Waals surface area (Å²) in [4.78, 5) is 31.0. The molecule has 2 heterocycles. The van der Waals surface area contributed by atoms with Gasteiger partial charge in [0.1, 0.15) is 0 Å². The van der Waals surface area contributed by atoms with Gasteiger partial charge < -0.3 is 0 Å². The zero-order valence-electron chi connectivity index (χ0n) is 14.6. The first kappa shape index (κ1) is 15.2. The van der Waals surface area contributed by atoms with E-state index in [0.29, 0.717) is 10.9 Å². The minimum atomic E-state index is -1.19. The lowest BCUT2D eigenvalue weighted by molar-refractivity contribution is -0.120. The number of carbonyl (C=O) groups is 1. The van der Waals surface area contributed by atoms with Crippen LogP contribution in [-0.2, 0) is 10.3 Å². The third-order valence-corrected chi connectivity index (χ3v) is 5.57. The van der Waals surface area contributed by atoms with Crippen molar-refractivity contribution in [2.45, 2.75) is 5.54 Å². The van der Waals surface area contributed by atoms with Crippen LogP contribution < -0.4 is 16.3 Å². The average Bonchev–Trinajstić information content (AvgIpc) is 3.01. The summed E-state index contributed by atoms with van der Waals surface area (Å²) in [5.41, 5.74) is 5.93. The van der Waals surface area contributed by atoms with E-state index < -0.39 is 5.54 Å². The molecule has 0 fully saturated rings. The van der Waals surface area contributed by atoms with Crippen molar-refractivity contribution in [3.05, 3.63) is 94.3 Å². The van der Waals surface area contributed by atoms with Gasteiger partial charge in [0, 0.05) is 11.1 Å². The highest BCUT2D eigenvalue weighted by atomic mass is 16.2. The second-order valence-corrected chi connectivity index (χ2v) is 7.00. The third-order valence-electron chi connectivity index (χ3n) is 5.57. The summed E-state index contributed by atoms with van der Waals surface area (Å²) >= 11 is 0. The molecule has 1 aromatic heterocycles. The minimum Gasteiger partial charge on any atom is -0.295 e. The predicted octanol–water partition coefficient (Wildman–Crippen LogP) is 2.82. The molecular formula is C22H14N4O2. The van der Waals surface area contributed by atoms with E-state index in [0.717, 1.165) is 22.3 Å². The van der Waals surface area contributed by atoms with Crippen molar-refractivity contribution in [1.29, 1.82) is 0 Å². The number of hydrogen-bond acceptors (Lipinski definition) is 4. The zero-order chi connectivity index (χ0) is 18.9. The van der Waals surface area contributed by atoms with E-state index in [1.807, 2.05) is 54.6 Å². The summed E-state index contributed by atoms with van der Waals surface area (Å²) in [7, 11) is 0. The largest absolute Gasteiger partial charge is 0.295 e. The van der Waals surface area contributed by atoms with Crippen molar-refractivity contribution in [3.8, 4) is 11.1 Å². The summed E-state index contributed by atoms with van der Waals surface area (Å²) in [5.74, 6) is -0.0618. The molecular weight excluding hydrogens is 352 g/mol. The van der Waals surface area contributed by atoms with Crippen LogP contribution in [0.4, 0.5) is 5.95 Å². The number of fused-ring (bicyclic) bond motifs is 7. The van der Waals surface area contributed by atoms with Gasteiger partial charge in [-0.1, -0.05) is 60.7 Å². The first-order valence-corrected chi connectivity index (χ1v) is 9.01. The normalized spacial score (nSPS) is 15.5. The van der Waals surface area contributed by atoms with Crippen LogP contribution in [0.1, 0.15) is 11.1 Å².